The third-order valence-electron chi connectivity index (χ3n) is 4.79. The fourth-order valence-electron chi connectivity index (χ4n) is 3.91. The maximum absolute atomic E-state index is 12.2. The topological polar surface area (TPSA) is 59.6 Å². The Labute approximate surface area is 119 Å². The predicted octanol–water partition coefficient (Wildman–Crippen LogP) is 1.16. The zero-order valence-electron chi connectivity index (χ0n) is 12.2. The fraction of sp³-hybridized carbons (Fsp3) is 0.733. The van der Waals surface area contributed by atoms with Crippen LogP contribution in [0.1, 0.15) is 44.3 Å². The third-order valence-corrected chi connectivity index (χ3v) is 4.79. The maximum Gasteiger partial charge on any atom is 0.280 e. The Morgan fingerprint density at radius 2 is 2.20 bits per heavy atom. The van der Waals surface area contributed by atoms with Crippen molar-refractivity contribution in [2.75, 3.05) is 18.4 Å². The number of rotatable bonds is 3. The van der Waals surface area contributed by atoms with E-state index < -0.39 is 0 Å². The number of hydrogen-bond donors (Lipinski definition) is 2. The van der Waals surface area contributed by atoms with E-state index in [4.69, 9.17) is 4.52 Å². The fourth-order valence-corrected chi connectivity index (χ4v) is 3.91. The molecule has 1 aliphatic carbocycles. The number of amides is 1. The van der Waals surface area contributed by atoms with E-state index in [0.29, 0.717) is 18.4 Å². The Kier molecular flexibility index (Phi) is 4.05. The van der Waals surface area contributed by atoms with E-state index in [1.807, 2.05) is 6.92 Å². The Morgan fingerprint density at radius 1 is 1.40 bits per heavy atom. The molecule has 110 valence electrons. The normalized spacial score (nSPS) is 29.8. The van der Waals surface area contributed by atoms with Crippen LogP contribution in [-0.4, -0.2) is 30.2 Å². The summed E-state index contributed by atoms with van der Waals surface area (Å²) in [5, 5.41) is 6.66. The van der Waals surface area contributed by atoms with Crippen molar-refractivity contribution in [2.45, 2.75) is 51.5 Å². The number of nitrogens with zero attached hydrogens (tertiary/aromatic N) is 1. The maximum atomic E-state index is 12.2. The van der Waals surface area contributed by atoms with Gasteiger partial charge in [-0.3, -0.25) is 4.79 Å². The largest absolute Gasteiger partial charge is 0.360 e. The van der Waals surface area contributed by atoms with Gasteiger partial charge in [0.05, 0.1) is 12.6 Å². The molecule has 0 bridgehead atoms. The second-order valence-electron chi connectivity index (χ2n) is 6.25. The molecule has 2 fully saturated rings. The molecule has 1 aromatic rings. The molecule has 2 aliphatic rings. The molecule has 0 aromatic carbocycles. The van der Waals surface area contributed by atoms with Gasteiger partial charge >= 0.3 is 0 Å². The van der Waals surface area contributed by atoms with Gasteiger partial charge in [-0.25, -0.2) is 0 Å². The van der Waals surface area contributed by atoms with Crippen LogP contribution in [0, 0.1) is 12.8 Å². The van der Waals surface area contributed by atoms with Crippen LogP contribution in [0.15, 0.2) is 10.6 Å². The van der Waals surface area contributed by atoms with Crippen LogP contribution in [-0.2, 0) is 4.79 Å². The van der Waals surface area contributed by atoms with Crippen molar-refractivity contribution >= 4 is 11.7 Å². The minimum atomic E-state index is 0.0551. The summed E-state index contributed by atoms with van der Waals surface area (Å²) in [5.41, 5.74) is 0. The molecular weight excluding hydrogens is 254 g/mol. The van der Waals surface area contributed by atoms with Gasteiger partial charge in [-0.15, -0.1) is 0 Å². The quantitative estimate of drug-likeness (QED) is 0.872. The van der Waals surface area contributed by atoms with Crippen molar-refractivity contribution in [3.8, 4) is 0 Å². The third kappa shape index (κ3) is 3.03. The number of piperidine rings is 1. The number of fused-ring (bicyclic) bond motifs is 1. The monoisotopic (exact) mass is 278 g/mol. The van der Waals surface area contributed by atoms with Crippen molar-refractivity contribution < 1.29 is 14.2 Å². The first-order valence-electron chi connectivity index (χ1n) is 7.80. The molecule has 5 heteroatoms. The van der Waals surface area contributed by atoms with Gasteiger partial charge in [0.1, 0.15) is 5.76 Å². The molecule has 2 N–H and O–H groups in total. The first-order chi connectivity index (χ1) is 9.72. The first-order valence-corrected chi connectivity index (χ1v) is 7.80. The first kappa shape index (κ1) is 13.6. The van der Waals surface area contributed by atoms with Crippen LogP contribution in [0.3, 0.4) is 0 Å². The van der Waals surface area contributed by atoms with Gasteiger partial charge in [0, 0.05) is 12.0 Å². The van der Waals surface area contributed by atoms with Gasteiger partial charge in [-0.2, -0.15) is 0 Å². The summed E-state index contributed by atoms with van der Waals surface area (Å²) in [6, 6.07) is 2.45. The number of carbonyl (C=O) groups excluding carboxylic acids is 1. The van der Waals surface area contributed by atoms with E-state index in [1.54, 1.807) is 6.07 Å². The number of likely N-dealkylation sites (tertiary alicyclic amines) is 1. The molecule has 1 amide bonds. The van der Waals surface area contributed by atoms with Gasteiger partial charge in [0.15, 0.2) is 12.4 Å². The average Bonchev–Trinajstić information content (AvgIpc) is 2.84. The predicted molar refractivity (Wildman–Crippen MR) is 75.5 cm³/mol. The molecule has 3 atom stereocenters. The van der Waals surface area contributed by atoms with Crippen molar-refractivity contribution in [2.24, 2.45) is 5.92 Å². The van der Waals surface area contributed by atoms with Crippen LogP contribution >= 0.6 is 0 Å². The Hall–Kier alpha value is -1.36. The molecule has 1 saturated heterocycles. The van der Waals surface area contributed by atoms with E-state index in [-0.39, 0.29) is 5.91 Å². The summed E-state index contributed by atoms with van der Waals surface area (Å²) >= 11 is 0. The smallest absolute Gasteiger partial charge is 0.280 e. The summed E-state index contributed by atoms with van der Waals surface area (Å²) in [6.07, 6.45) is 7.97. The zero-order valence-corrected chi connectivity index (χ0v) is 12.2. The highest BCUT2D eigenvalue weighted by Crippen LogP contribution is 2.28. The lowest BCUT2D eigenvalue weighted by molar-refractivity contribution is -0.928. The number of aryl methyl sites for hydroxylation is 1. The van der Waals surface area contributed by atoms with E-state index in [9.17, 15) is 4.79 Å². The lowest BCUT2D eigenvalue weighted by atomic mass is 9.78. The van der Waals surface area contributed by atoms with Gasteiger partial charge in [0.2, 0.25) is 0 Å². The average molecular weight is 278 g/mol. The second-order valence-corrected chi connectivity index (χ2v) is 6.25. The van der Waals surface area contributed by atoms with Gasteiger partial charge in [0.25, 0.3) is 5.91 Å². The van der Waals surface area contributed by atoms with E-state index in [0.717, 1.165) is 18.2 Å². The molecule has 5 nitrogen and oxygen atoms in total. The highest BCUT2D eigenvalue weighted by atomic mass is 16.5. The van der Waals surface area contributed by atoms with E-state index in [1.165, 1.54) is 43.4 Å². The number of anilines is 1. The Morgan fingerprint density at radius 3 is 3.00 bits per heavy atom. The molecule has 1 aliphatic heterocycles. The lowest BCUT2D eigenvalue weighted by Crippen LogP contribution is -3.18. The zero-order chi connectivity index (χ0) is 13.9. The second kappa shape index (κ2) is 5.95. The molecule has 0 radical (unpaired) electrons. The van der Waals surface area contributed by atoms with Crippen molar-refractivity contribution in [1.82, 2.24) is 5.16 Å². The van der Waals surface area contributed by atoms with E-state index in [2.05, 4.69) is 10.5 Å². The molecule has 1 saturated carbocycles. The van der Waals surface area contributed by atoms with Crippen molar-refractivity contribution in [1.29, 1.82) is 0 Å². The van der Waals surface area contributed by atoms with Crippen LogP contribution in [0.5, 0.6) is 0 Å². The molecule has 1 unspecified atom stereocenters. The lowest BCUT2D eigenvalue weighted by Gasteiger charge is -2.40. The minimum absolute atomic E-state index is 0.0551. The summed E-state index contributed by atoms with van der Waals surface area (Å²) in [5.74, 6) is 2.15. The molecule has 2 heterocycles. The SMILES string of the molecule is Cc1cc(NC(=O)C[NH+]2CCC[C@@H]3CCCC[C@@H]32)no1. The van der Waals surface area contributed by atoms with Crippen LogP contribution < -0.4 is 10.2 Å². The minimum Gasteiger partial charge on any atom is -0.360 e. The van der Waals surface area contributed by atoms with Crippen molar-refractivity contribution in [3.05, 3.63) is 11.8 Å². The number of carbonyl (C=O) groups is 1. The highest BCUT2D eigenvalue weighted by molar-refractivity contribution is 5.90. The molecule has 20 heavy (non-hydrogen) atoms. The number of hydrogen-bond acceptors (Lipinski definition) is 3. The van der Waals surface area contributed by atoms with Crippen LogP contribution in [0.2, 0.25) is 0 Å². The standard InChI is InChI=1S/C15H23N3O2/c1-11-9-14(17-20-11)16-15(19)10-18-8-4-6-12-5-2-3-7-13(12)18/h9,12-13H,2-8,10H2,1H3,(H,16,17,19)/p+1/t12-,13-/m0/s1. The van der Waals surface area contributed by atoms with Crippen LogP contribution in [0.4, 0.5) is 5.82 Å². The summed E-state index contributed by atoms with van der Waals surface area (Å²) in [6.45, 7) is 3.52. The number of aromatic nitrogens is 1. The summed E-state index contributed by atoms with van der Waals surface area (Å²) in [4.78, 5) is 13.6. The molecule has 3 rings (SSSR count). The summed E-state index contributed by atoms with van der Waals surface area (Å²) in [7, 11) is 0. The van der Waals surface area contributed by atoms with Crippen LogP contribution in [0.25, 0.3) is 0 Å². The van der Waals surface area contributed by atoms with Gasteiger partial charge in [-0.05, 0) is 39.0 Å². The van der Waals surface area contributed by atoms with Gasteiger partial charge in [-0.1, -0.05) is 11.6 Å². The number of quaternary nitrogens is 1. The molecule has 1 aromatic heterocycles. The van der Waals surface area contributed by atoms with Gasteiger partial charge < -0.3 is 14.7 Å². The van der Waals surface area contributed by atoms with E-state index >= 15 is 0 Å². The van der Waals surface area contributed by atoms with Crippen molar-refractivity contribution in [3.63, 3.8) is 0 Å². The Balaban J connectivity index is 1.57. The summed E-state index contributed by atoms with van der Waals surface area (Å²) < 4.78 is 4.97. The number of nitrogens with one attached hydrogen (secondary N) is 2. The molecular formula is C15H24N3O2+. The Bertz CT molecular complexity index is 469. The highest BCUT2D eigenvalue weighted by Gasteiger charge is 2.37. The molecule has 0 spiro atoms.